The predicted molar refractivity (Wildman–Crippen MR) is 85.4 cm³/mol. The van der Waals surface area contributed by atoms with Crippen molar-refractivity contribution in [3.63, 3.8) is 0 Å². The van der Waals surface area contributed by atoms with Crippen molar-refractivity contribution in [3.8, 4) is 11.3 Å². The Kier molecular flexibility index (Phi) is 3.04. The van der Waals surface area contributed by atoms with Crippen LogP contribution >= 0.6 is 0 Å². The normalized spacial score (nSPS) is 20.2. The number of carbonyl (C=O) groups is 1. The smallest absolute Gasteiger partial charge is 0.248 e. The lowest BCUT2D eigenvalue weighted by atomic mass is 10.0. The van der Waals surface area contributed by atoms with Crippen molar-refractivity contribution in [2.45, 2.75) is 12.5 Å². The summed E-state index contributed by atoms with van der Waals surface area (Å²) in [4.78, 5) is 24.8. The number of aliphatic imine (C=N–C) groups is 2. The molecule has 0 saturated carbocycles. The van der Waals surface area contributed by atoms with E-state index in [9.17, 15) is 4.79 Å². The molecule has 0 radical (unpaired) electrons. The number of dihydropyridines is 1. The highest BCUT2D eigenvalue weighted by Crippen LogP contribution is 2.40. The second-order valence-electron chi connectivity index (χ2n) is 5.34. The largest absolute Gasteiger partial charge is 0.322 e. The molecule has 0 bridgehead atoms. The zero-order valence-corrected chi connectivity index (χ0v) is 11.9. The van der Waals surface area contributed by atoms with Crippen LogP contribution in [0.5, 0.6) is 0 Å². The van der Waals surface area contributed by atoms with Crippen LogP contribution < -0.4 is 0 Å². The average molecular weight is 290 g/mol. The summed E-state index contributed by atoms with van der Waals surface area (Å²) < 4.78 is 2.05. The maximum atomic E-state index is 12.3. The zero-order valence-electron chi connectivity index (χ0n) is 11.9. The SMILES string of the molecule is O=C(CC1c2ccccc2-c2cncn21)N=C1C=CC=NC1. The maximum absolute atomic E-state index is 12.3. The highest BCUT2D eigenvalue weighted by molar-refractivity contribution is 6.07. The molecule has 5 nitrogen and oxygen atoms in total. The molecule has 2 aliphatic heterocycles. The van der Waals surface area contributed by atoms with Crippen LogP contribution in [-0.4, -0.2) is 33.9 Å². The van der Waals surface area contributed by atoms with Crippen LogP contribution in [-0.2, 0) is 4.79 Å². The van der Waals surface area contributed by atoms with Crippen molar-refractivity contribution in [2.75, 3.05) is 6.54 Å². The molecule has 3 heterocycles. The van der Waals surface area contributed by atoms with Gasteiger partial charge in [-0.05, 0) is 17.7 Å². The first-order valence-electron chi connectivity index (χ1n) is 7.21. The molecular formula is C17H14N4O. The molecule has 108 valence electrons. The second kappa shape index (κ2) is 5.18. The first kappa shape index (κ1) is 12.9. The summed E-state index contributed by atoms with van der Waals surface area (Å²) in [7, 11) is 0. The van der Waals surface area contributed by atoms with E-state index < -0.39 is 0 Å². The summed E-state index contributed by atoms with van der Waals surface area (Å²) in [6, 6.07) is 8.11. The van der Waals surface area contributed by atoms with E-state index in [1.54, 1.807) is 18.6 Å². The Morgan fingerprint density at radius 3 is 3.14 bits per heavy atom. The predicted octanol–water partition coefficient (Wildman–Crippen LogP) is 2.45. The van der Waals surface area contributed by atoms with Gasteiger partial charge in [0.1, 0.15) is 0 Å². The van der Waals surface area contributed by atoms with Gasteiger partial charge in [0.15, 0.2) is 0 Å². The number of imidazole rings is 1. The maximum Gasteiger partial charge on any atom is 0.248 e. The molecule has 0 saturated heterocycles. The van der Waals surface area contributed by atoms with Crippen LogP contribution in [0.2, 0.25) is 0 Å². The van der Waals surface area contributed by atoms with E-state index in [4.69, 9.17) is 0 Å². The van der Waals surface area contributed by atoms with E-state index >= 15 is 0 Å². The minimum Gasteiger partial charge on any atom is -0.322 e. The number of hydrogen-bond donors (Lipinski definition) is 0. The Balaban J connectivity index is 1.62. The molecule has 0 spiro atoms. The van der Waals surface area contributed by atoms with Gasteiger partial charge in [-0.2, -0.15) is 0 Å². The Morgan fingerprint density at radius 2 is 2.27 bits per heavy atom. The van der Waals surface area contributed by atoms with Crippen LogP contribution in [0.1, 0.15) is 18.0 Å². The third-order valence-corrected chi connectivity index (χ3v) is 3.97. The topological polar surface area (TPSA) is 59.6 Å². The minimum atomic E-state index is -0.127. The zero-order chi connectivity index (χ0) is 14.9. The first-order chi connectivity index (χ1) is 10.8. The van der Waals surface area contributed by atoms with E-state index in [1.165, 1.54) is 0 Å². The van der Waals surface area contributed by atoms with Crippen molar-refractivity contribution in [3.05, 3.63) is 54.5 Å². The van der Waals surface area contributed by atoms with Gasteiger partial charge in [0, 0.05) is 11.8 Å². The molecule has 0 fully saturated rings. The van der Waals surface area contributed by atoms with Crippen LogP contribution in [0.4, 0.5) is 0 Å². The van der Waals surface area contributed by atoms with Gasteiger partial charge in [0.05, 0.1) is 42.9 Å². The van der Waals surface area contributed by atoms with Gasteiger partial charge < -0.3 is 4.57 Å². The number of allylic oxidation sites excluding steroid dienone is 1. The Hall–Kier alpha value is -2.82. The highest BCUT2D eigenvalue weighted by atomic mass is 16.1. The third kappa shape index (κ3) is 2.11. The van der Waals surface area contributed by atoms with Crippen molar-refractivity contribution < 1.29 is 4.79 Å². The van der Waals surface area contributed by atoms with Gasteiger partial charge in [-0.25, -0.2) is 9.98 Å². The molecule has 4 rings (SSSR count). The summed E-state index contributed by atoms with van der Waals surface area (Å²) >= 11 is 0. The number of carbonyl (C=O) groups excluding carboxylic acids is 1. The van der Waals surface area contributed by atoms with Gasteiger partial charge in [0.25, 0.3) is 0 Å². The van der Waals surface area contributed by atoms with Crippen molar-refractivity contribution in [1.82, 2.24) is 9.55 Å². The quantitative estimate of drug-likeness (QED) is 0.853. The monoisotopic (exact) mass is 290 g/mol. The number of benzene rings is 1. The van der Waals surface area contributed by atoms with Crippen LogP contribution in [0, 0.1) is 0 Å². The summed E-state index contributed by atoms with van der Waals surface area (Å²) in [6.45, 7) is 0.472. The van der Waals surface area contributed by atoms with E-state index in [-0.39, 0.29) is 11.9 Å². The fourth-order valence-corrected chi connectivity index (χ4v) is 3.00. The molecule has 22 heavy (non-hydrogen) atoms. The van der Waals surface area contributed by atoms with Gasteiger partial charge in [-0.3, -0.25) is 9.79 Å². The molecule has 1 aromatic carbocycles. The van der Waals surface area contributed by atoms with Crippen molar-refractivity contribution in [2.24, 2.45) is 9.98 Å². The van der Waals surface area contributed by atoms with Crippen LogP contribution in [0.15, 0.2) is 58.9 Å². The molecule has 1 aromatic heterocycles. The summed E-state index contributed by atoms with van der Waals surface area (Å²) in [5.41, 5.74) is 4.08. The standard InChI is InChI=1S/C17H14N4O/c22-17(20-12-4-3-7-18-9-12)8-15-13-5-1-2-6-14(13)16-10-19-11-21(15)16/h1-7,10-11,15H,8-9H2. The molecule has 1 amide bonds. The lowest BCUT2D eigenvalue weighted by molar-refractivity contribution is -0.118. The highest BCUT2D eigenvalue weighted by Gasteiger charge is 2.29. The molecule has 5 heteroatoms. The number of fused-ring (bicyclic) bond motifs is 3. The van der Waals surface area contributed by atoms with Gasteiger partial charge in [-0.1, -0.05) is 24.3 Å². The molecule has 1 unspecified atom stereocenters. The van der Waals surface area contributed by atoms with Crippen LogP contribution in [0.3, 0.4) is 0 Å². The van der Waals surface area contributed by atoms with Crippen molar-refractivity contribution >= 4 is 17.8 Å². The number of amides is 1. The Labute approximate surface area is 127 Å². The number of aromatic nitrogens is 2. The Bertz CT molecular complexity index is 829. The van der Waals surface area contributed by atoms with E-state index in [0.29, 0.717) is 18.7 Å². The van der Waals surface area contributed by atoms with Gasteiger partial charge in [-0.15, -0.1) is 0 Å². The fourth-order valence-electron chi connectivity index (χ4n) is 3.00. The first-order valence-corrected chi connectivity index (χ1v) is 7.21. The average Bonchev–Trinajstić information content (AvgIpc) is 3.12. The lowest BCUT2D eigenvalue weighted by Gasteiger charge is -2.12. The minimum absolute atomic E-state index is 0.0263. The molecule has 0 N–H and O–H groups in total. The summed E-state index contributed by atoms with van der Waals surface area (Å²) in [6.07, 6.45) is 9.31. The van der Waals surface area contributed by atoms with E-state index in [1.807, 2.05) is 24.4 Å². The molecular weight excluding hydrogens is 276 g/mol. The third-order valence-electron chi connectivity index (χ3n) is 3.97. The Morgan fingerprint density at radius 1 is 1.36 bits per heavy atom. The van der Waals surface area contributed by atoms with Gasteiger partial charge >= 0.3 is 0 Å². The van der Waals surface area contributed by atoms with Gasteiger partial charge in [0.2, 0.25) is 5.91 Å². The van der Waals surface area contributed by atoms with Crippen molar-refractivity contribution in [1.29, 1.82) is 0 Å². The van der Waals surface area contributed by atoms with E-state index in [0.717, 1.165) is 16.8 Å². The summed E-state index contributed by atoms with van der Waals surface area (Å²) in [5.74, 6) is -0.127. The molecule has 1 atom stereocenters. The lowest BCUT2D eigenvalue weighted by Crippen LogP contribution is -2.13. The summed E-state index contributed by atoms with van der Waals surface area (Å²) in [5, 5.41) is 0. The second-order valence-corrected chi connectivity index (χ2v) is 5.34. The number of nitrogens with zero attached hydrogens (tertiary/aromatic N) is 4. The molecule has 2 aromatic rings. The molecule has 2 aliphatic rings. The number of rotatable bonds is 2. The van der Waals surface area contributed by atoms with Crippen LogP contribution in [0.25, 0.3) is 11.3 Å². The molecule has 0 aliphatic carbocycles. The fraction of sp³-hybridized carbons (Fsp3) is 0.176. The number of hydrogen-bond acceptors (Lipinski definition) is 3. The van der Waals surface area contributed by atoms with E-state index in [2.05, 4.69) is 31.7 Å².